The molecule has 0 spiro atoms. The molecule has 2 heterocycles. The lowest BCUT2D eigenvalue weighted by atomic mass is 10.1. The molecule has 7 nitrogen and oxygen atoms in total. The summed E-state index contributed by atoms with van der Waals surface area (Å²) in [5.74, 6) is -1.33. The number of nitrogens with one attached hydrogen (secondary N) is 1. The van der Waals surface area contributed by atoms with E-state index in [0.717, 1.165) is 10.9 Å². The molecule has 3 aromatic rings. The number of esters is 2. The Balaban J connectivity index is 2.48. The first-order valence-corrected chi connectivity index (χ1v) is 7.28. The minimum absolute atomic E-state index is 0.127. The number of aromatic nitrogens is 2. The van der Waals surface area contributed by atoms with E-state index in [0.29, 0.717) is 16.6 Å². The number of H-pyrrole nitrogens is 1. The molecule has 7 heteroatoms. The fourth-order valence-corrected chi connectivity index (χ4v) is 2.91. The largest absolute Gasteiger partial charge is 0.468 e. The van der Waals surface area contributed by atoms with Gasteiger partial charge in [-0.25, -0.2) is 4.79 Å². The van der Waals surface area contributed by atoms with E-state index in [1.165, 1.54) is 18.8 Å². The van der Waals surface area contributed by atoms with Crippen LogP contribution in [0.2, 0.25) is 0 Å². The number of benzene rings is 1. The number of methoxy groups -OCH3 is 2. The van der Waals surface area contributed by atoms with Gasteiger partial charge < -0.3 is 19.0 Å². The first kappa shape index (κ1) is 15.8. The maximum absolute atomic E-state index is 12.8. The molecular formula is C17H16N2O5. The second-order valence-corrected chi connectivity index (χ2v) is 5.34. The summed E-state index contributed by atoms with van der Waals surface area (Å²) in [7, 11) is 2.45. The van der Waals surface area contributed by atoms with Gasteiger partial charge in [0.1, 0.15) is 12.1 Å². The highest BCUT2D eigenvalue weighted by Crippen LogP contribution is 2.29. The lowest BCUT2D eigenvalue weighted by Gasteiger charge is -2.12. The third-order valence-corrected chi connectivity index (χ3v) is 4.09. The second-order valence-electron chi connectivity index (χ2n) is 5.34. The fourth-order valence-electron chi connectivity index (χ4n) is 2.91. The van der Waals surface area contributed by atoms with Gasteiger partial charge in [-0.05, 0) is 13.0 Å². The molecule has 0 aliphatic heterocycles. The Bertz CT molecular complexity index is 1030. The Hall–Kier alpha value is -3.09. The lowest BCUT2D eigenvalue weighted by molar-refractivity contribution is -0.141. The highest BCUT2D eigenvalue weighted by molar-refractivity contribution is 6.14. The van der Waals surface area contributed by atoms with Crippen LogP contribution in [-0.2, 0) is 20.8 Å². The Kier molecular flexibility index (Phi) is 3.84. The molecule has 2 aromatic heterocycles. The Morgan fingerprint density at radius 1 is 1.17 bits per heavy atom. The smallest absolute Gasteiger partial charge is 0.345 e. The van der Waals surface area contributed by atoms with Gasteiger partial charge in [0, 0.05) is 22.0 Å². The van der Waals surface area contributed by atoms with Crippen molar-refractivity contribution in [1.82, 2.24) is 9.55 Å². The number of rotatable bonds is 3. The molecule has 1 aromatic carbocycles. The van der Waals surface area contributed by atoms with Crippen LogP contribution >= 0.6 is 0 Å². The van der Waals surface area contributed by atoms with Crippen molar-refractivity contribution in [2.45, 2.75) is 13.5 Å². The van der Waals surface area contributed by atoms with Crippen molar-refractivity contribution in [2.75, 3.05) is 14.2 Å². The molecule has 0 aliphatic rings. The summed E-state index contributed by atoms with van der Waals surface area (Å²) >= 11 is 0. The summed E-state index contributed by atoms with van der Waals surface area (Å²) in [5.41, 5.74) is 1.05. The molecule has 0 radical (unpaired) electrons. The van der Waals surface area contributed by atoms with E-state index < -0.39 is 17.5 Å². The van der Waals surface area contributed by atoms with Crippen molar-refractivity contribution in [3.63, 3.8) is 0 Å². The quantitative estimate of drug-likeness (QED) is 0.740. The Morgan fingerprint density at radius 2 is 1.88 bits per heavy atom. The zero-order chi connectivity index (χ0) is 17.4. The predicted molar refractivity (Wildman–Crippen MR) is 88.2 cm³/mol. The molecule has 3 rings (SSSR count). The topological polar surface area (TPSA) is 90.4 Å². The average Bonchev–Trinajstić information content (AvgIpc) is 2.97. The van der Waals surface area contributed by atoms with Gasteiger partial charge >= 0.3 is 11.9 Å². The number of nitrogens with zero attached hydrogens (tertiary/aromatic N) is 1. The maximum atomic E-state index is 12.8. The van der Waals surface area contributed by atoms with Crippen LogP contribution in [0, 0.1) is 6.92 Å². The van der Waals surface area contributed by atoms with E-state index >= 15 is 0 Å². The van der Waals surface area contributed by atoms with Gasteiger partial charge in [-0.15, -0.1) is 0 Å². The number of ether oxygens (including phenoxy) is 2. The molecule has 0 saturated heterocycles. The van der Waals surface area contributed by atoms with Crippen LogP contribution in [0.4, 0.5) is 0 Å². The van der Waals surface area contributed by atoms with Crippen molar-refractivity contribution in [2.24, 2.45) is 0 Å². The van der Waals surface area contributed by atoms with Crippen molar-refractivity contribution in [3.8, 4) is 0 Å². The first-order valence-electron chi connectivity index (χ1n) is 7.28. The standard InChI is InChI=1S/C17H16N2O5/c1-9-13-10-6-4-5-7-11(10)18-15(13)14(17(22)24-3)16(21)19(9)8-12(20)23-2/h4-7,18H,8H2,1-3H3. The van der Waals surface area contributed by atoms with Gasteiger partial charge in [0.15, 0.2) is 0 Å². The number of para-hydroxylation sites is 1. The van der Waals surface area contributed by atoms with Gasteiger partial charge in [-0.1, -0.05) is 18.2 Å². The number of hydrogen-bond donors (Lipinski definition) is 1. The molecule has 0 aliphatic carbocycles. The van der Waals surface area contributed by atoms with Crippen molar-refractivity contribution < 1.29 is 19.1 Å². The number of carbonyl (C=O) groups is 2. The predicted octanol–water partition coefficient (Wildman–Crippen LogP) is 1.75. The minimum atomic E-state index is -0.754. The lowest BCUT2D eigenvalue weighted by Crippen LogP contribution is -2.31. The summed E-state index contributed by atoms with van der Waals surface area (Å²) in [6, 6.07) is 7.45. The van der Waals surface area contributed by atoms with Crippen LogP contribution in [0.15, 0.2) is 29.1 Å². The Morgan fingerprint density at radius 3 is 2.54 bits per heavy atom. The summed E-state index contributed by atoms with van der Waals surface area (Å²) in [4.78, 5) is 39.7. The highest BCUT2D eigenvalue weighted by Gasteiger charge is 2.24. The van der Waals surface area contributed by atoms with Crippen LogP contribution < -0.4 is 5.56 Å². The second kappa shape index (κ2) is 5.84. The van der Waals surface area contributed by atoms with Crippen molar-refractivity contribution in [1.29, 1.82) is 0 Å². The van der Waals surface area contributed by atoms with Gasteiger partial charge in [0.05, 0.1) is 19.7 Å². The first-order chi connectivity index (χ1) is 11.5. The summed E-state index contributed by atoms with van der Waals surface area (Å²) in [6.45, 7) is 1.45. The minimum Gasteiger partial charge on any atom is -0.468 e. The van der Waals surface area contributed by atoms with Crippen molar-refractivity contribution >= 4 is 33.7 Å². The number of fused-ring (bicyclic) bond motifs is 3. The molecule has 124 valence electrons. The van der Waals surface area contributed by atoms with Crippen LogP contribution in [0.1, 0.15) is 16.1 Å². The molecule has 0 unspecified atom stereocenters. The third-order valence-electron chi connectivity index (χ3n) is 4.09. The molecule has 0 saturated carbocycles. The zero-order valence-corrected chi connectivity index (χ0v) is 13.5. The molecule has 0 atom stereocenters. The molecule has 0 bridgehead atoms. The number of aryl methyl sites for hydroxylation is 1. The molecule has 0 amide bonds. The van der Waals surface area contributed by atoms with E-state index in [4.69, 9.17) is 4.74 Å². The van der Waals surface area contributed by atoms with E-state index in [2.05, 4.69) is 9.72 Å². The van der Waals surface area contributed by atoms with Crippen LogP contribution in [0.25, 0.3) is 21.8 Å². The molecule has 24 heavy (non-hydrogen) atoms. The zero-order valence-electron chi connectivity index (χ0n) is 13.5. The van der Waals surface area contributed by atoms with E-state index in [1.807, 2.05) is 24.3 Å². The normalized spacial score (nSPS) is 11.0. The van der Waals surface area contributed by atoms with Gasteiger partial charge in [-0.3, -0.25) is 9.59 Å². The summed E-state index contributed by atoms with van der Waals surface area (Å²) in [5, 5.41) is 1.56. The molecule has 0 fully saturated rings. The summed E-state index contributed by atoms with van der Waals surface area (Å²) < 4.78 is 10.6. The van der Waals surface area contributed by atoms with Crippen LogP contribution in [-0.4, -0.2) is 35.7 Å². The van der Waals surface area contributed by atoms with Crippen LogP contribution in [0.3, 0.4) is 0 Å². The average molecular weight is 328 g/mol. The number of hydrogen-bond acceptors (Lipinski definition) is 5. The summed E-state index contributed by atoms with van der Waals surface area (Å²) in [6.07, 6.45) is 0. The van der Waals surface area contributed by atoms with Crippen molar-refractivity contribution in [3.05, 3.63) is 45.9 Å². The number of aromatic amines is 1. The SMILES string of the molecule is COC(=O)Cn1c(C)c2c([nH]c3ccccc32)c(C(=O)OC)c1=O. The molecule has 1 N–H and O–H groups in total. The number of carbonyl (C=O) groups excluding carboxylic acids is 2. The van der Waals surface area contributed by atoms with E-state index in [-0.39, 0.29) is 12.1 Å². The fraction of sp³-hybridized carbons (Fsp3) is 0.235. The van der Waals surface area contributed by atoms with Crippen LogP contribution in [0.5, 0.6) is 0 Å². The van der Waals surface area contributed by atoms with Gasteiger partial charge in [0.25, 0.3) is 5.56 Å². The van der Waals surface area contributed by atoms with E-state index in [9.17, 15) is 14.4 Å². The molecular weight excluding hydrogens is 312 g/mol. The highest BCUT2D eigenvalue weighted by atomic mass is 16.5. The number of pyridine rings is 1. The van der Waals surface area contributed by atoms with Gasteiger partial charge in [-0.2, -0.15) is 0 Å². The maximum Gasteiger partial charge on any atom is 0.345 e. The Labute approximate surface area is 136 Å². The third kappa shape index (κ3) is 2.25. The monoisotopic (exact) mass is 328 g/mol. The van der Waals surface area contributed by atoms with Gasteiger partial charge in [0.2, 0.25) is 0 Å². The van der Waals surface area contributed by atoms with E-state index in [1.54, 1.807) is 6.92 Å².